The minimum absolute atomic E-state index is 0.0226. The second kappa shape index (κ2) is 9.14. The van der Waals surface area contributed by atoms with Gasteiger partial charge in [0.2, 0.25) is 5.91 Å². The lowest BCUT2D eigenvalue weighted by Gasteiger charge is -2.41. The Hall–Kier alpha value is -4.45. The average Bonchev–Trinajstić information content (AvgIpc) is 2.91. The summed E-state index contributed by atoms with van der Waals surface area (Å²) in [5, 5.41) is 5.14. The molecule has 6 nitrogen and oxygen atoms in total. The van der Waals surface area contributed by atoms with E-state index in [0.717, 1.165) is 32.8 Å². The maximum absolute atomic E-state index is 13.8. The van der Waals surface area contributed by atoms with E-state index < -0.39 is 11.8 Å². The van der Waals surface area contributed by atoms with Gasteiger partial charge in [-0.05, 0) is 68.5 Å². The Bertz CT molecular complexity index is 1560. The molecule has 0 saturated carbocycles. The Morgan fingerprint density at radius 1 is 0.868 bits per heavy atom. The number of anilines is 2. The first-order chi connectivity index (χ1) is 18.3. The number of hydrogen-bond donors (Lipinski definition) is 1. The van der Waals surface area contributed by atoms with Gasteiger partial charge in [0.15, 0.2) is 0 Å². The van der Waals surface area contributed by atoms with Gasteiger partial charge in [0.05, 0.1) is 6.04 Å². The van der Waals surface area contributed by atoms with Crippen LogP contribution in [0.5, 0.6) is 0 Å². The highest BCUT2D eigenvalue weighted by atomic mass is 16.2. The van der Waals surface area contributed by atoms with Crippen LogP contribution < -0.4 is 10.2 Å². The fraction of sp³-hybridized carbons (Fsp3) is 0.219. The van der Waals surface area contributed by atoms with Crippen molar-refractivity contribution >= 4 is 39.9 Å². The van der Waals surface area contributed by atoms with Crippen LogP contribution in [0.4, 0.5) is 11.4 Å². The number of benzene rings is 4. The molecule has 6 rings (SSSR count). The minimum atomic E-state index is -0.430. The molecule has 1 N–H and O–H groups in total. The maximum Gasteiger partial charge on any atom is 0.261 e. The highest BCUT2D eigenvalue weighted by Gasteiger charge is 2.38. The van der Waals surface area contributed by atoms with Crippen LogP contribution in [-0.4, -0.2) is 35.2 Å². The van der Waals surface area contributed by atoms with Gasteiger partial charge in [0.25, 0.3) is 11.8 Å². The summed E-state index contributed by atoms with van der Waals surface area (Å²) in [4.78, 5) is 43.5. The molecule has 6 heteroatoms. The van der Waals surface area contributed by atoms with Gasteiger partial charge in [-0.25, -0.2) is 0 Å². The van der Waals surface area contributed by atoms with Crippen molar-refractivity contribution in [2.24, 2.45) is 0 Å². The Morgan fingerprint density at radius 3 is 2.16 bits per heavy atom. The third-order valence-electron chi connectivity index (χ3n) is 7.65. The molecule has 2 aliphatic heterocycles. The molecular formula is C32H29N3O3. The van der Waals surface area contributed by atoms with Crippen LogP contribution in [0.25, 0.3) is 10.8 Å². The van der Waals surface area contributed by atoms with Crippen molar-refractivity contribution < 1.29 is 14.4 Å². The number of carbonyl (C=O) groups is 3. The van der Waals surface area contributed by atoms with Crippen molar-refractivity contribution in [3.8, 4) is 0 Å². The van der Waals surface area contributed by atoms with Crippen LogP contribution in [0.3, 0.4) is 0 Å². The van der Waals surface area contributed by atoms with Crippen molar-refractivity contribution in [3.05, 3.63) is 107 Å². The van der Waals surface area contributed by atoms with Crippen molar-refractivity contribution in [2.45, 2.75) is 39.3 Å². The van der Waals surface area contributed by atoms with Crippen LogP contribution in [0.2, 0.25) is 0 Å². The second-order valence-corrected chi connectivity index (χ2v) is 10.4. The molecule has 0 saturated heterocycles. The predicted molar refractivity (Wildman–Crippen MR) is 150 cm³/mol. The van der Waals surface area contributed by atoms with E-state index in [1.165, 1.54) is 5.56 Å². The van der Waals surface area contributed by atoms with Gasteiger partial charge in [-0.1, -0.05) is 59.7 Å². The molecule has 190 valence electrons. The number of aryl methyl sites for hydroxylation is 2. The van der Waals surface area contributed by atoms with Gasteiger partial charge in [-0.15, -0.1) is 0 Å². The molecule has 2 atom stereocenters. The van der Waals surface area contributed by atoms with Crippen LogP contribution in [0.1, 0.15) is 56.8 Å². The number of fused-ring (bicyclic) bond motifs is 1. The molecule has 0 aliphatic carbocycles. The molecule has 2 heterocycles. The van der Waals surface area contributed by atoms with Gasteiger partial charge < -0.3 is 10.2 Å². The number of carbonyl (C=O) groups excluding carboxylic acids is 3. The van der Waals surface area contributed by atoms with Gasteiger partial charge in [-0.3, -0.25) is 19.3 Å². The molecule has 0 bridgehead atoms. The lowest BCUT2D eigenvalue weighted by Crippen LogP contribution is -2.51. The number of nitrogens with zero attached hydrogens (tertiary/aromatic N) is 2. The number of amides is 3. The average molecular weight is 504 g/mol. The molecule has 0 radical (unpaired) electrons. The fourth-order valence-corrected chi connectivity index (χ4v) is 5.79. The Kier molecular flexibility index (Phi) is 5.75. The van der Waals surface area contributed by atoms with Gasteiger partial charge in [0.1, 0.15) is 6.54 Å². The summed E-state index contributed by atoms with van der Waals surface area (Å²) in [6.07, 6.45) is 0.695. The van der Waals surface area contributed by atoms with Crippen molar-refractivity contribution in [1.82, 2.24) is 4.90 Å². The van der Waals surface area contributed by atoms with E-state index in [9.17, 15) is 14.4 Å². The molecular weight excluding hydrogens is 474 g/mol. The van der Waals surface area contributed by atoms with Crippen LogP contribution in [-0.2, 0) is 4.79 Å². The predicted octanol–water partition coefficient (Wildman–Crippen LogP) is 6.03. The molecule has 0 spiro atoms. The van der Waals surface area contributed by atoms with E-state index in [-0.39, 0.29) is 24.5 Å². The van der Waals surface area contributed by atoms with E-state index >= 15 is 0 Å². The summed E-state index contributed by atoms with van der Waals surface area (Å²) >= 11 is 0. The van der Waals surface area contributed by atoms with E-state index in [2.05, 4.69) is 42.6 Å². The summed E-state index contributed by atoms with van der Waals surface area (Å²) in [5.74, 6) is -1.13. The highest BCUT2D eigenvalue weighted by molar-refractivity contribution is 6.26. The first-order valence-electron chi connectivity index (χ1n) is 13.0. The first-order valence-corrected chi connectivity index (χ1v) is 13.0. The van der Waals surface area contributed by atoms with Crippen molar-refractivity contribution in [1.29, 1.82) is 0 Å². The second-order valence-electron chi connectivity index (χ2n) is 10.4. The molecule has 4 aromatic rings. The number of hydrogen-bond acceptors (Lipinski definition) is 4. The van der Waals surface area contributed by atoms with Crippen LogP contribution >= 0.6 is 0 Å². The molecule has 2 aliphatic rings. The standard InChI is InChI=1S/C32H29N3O3/c1-19-10-13-23(14-11-19)33-27-17-21(3)35(28-15-12-20(2)16-26(27)28)29(36)18-34-31(37)24-8-4-6-22-7-5-9-25(30(22)24)32(34)38/h4-16,21,27,33H,17-18H2,1-3H3. The molecule has 38 heavy (non-hydrogen) atoms. The van der Waals surface area contributed by atoms with Crippen LogP contribution in [0.15, 0.2) is 78.9 Å². The Labute approximate surface area is 221 Å². The smallest absolute Gasteiger partial charge is 0.261 e. The zero-order valence-electron chi connectivity index (χ0n) is 21.7. The SMILES string of the molecule is Cc1ccc(NC2CC(C)N(C(=O)CN3C(=O)c4cccc5cccc(c45)C3=O)c3ccc(C)cc32)cc1. The Morgan fingerprint density at radius 2 is 1.50 bits per heavy atom. The first kappa shape index (κ1) is 23.9. The van der Waals surface area contributed by atoms with Crippen molar-refractivity contribution in [2.75, 3.05) is 16.8 Å². The Balaban J connectivity index is 1.31. The summed E-state index contributed by atoms with van der Waals surface area (Å²) in [7, 11) is 0. The number of imide groups is 1. The molecule has 2 unspecified atom stereocenters. The van der Waals surface area contributed by atoms with Gasteiger partial charge >= 0.3 is 0 Å². The van der Waals surface area contributed by atoms with E-state index in [1.807, 2.05) is 50.2 Å². The molecule has 4 aromatic carbocycles. The lowest BCUT2D eigenvalue weighted by molar-refractivity contribution is -0.119. The molecule has 0 fully saturated rings. The summed E-state index contributed by atoms with van der Waals surface area (Å²) in [6, 6.07) is 25.1. The quantitative estimate of drug-likeness (QED) is 0.345. The fourth-order valence-electron chi connectivity index (χ4n) is 5.79. The van der Waals surface area contributed by atoms with E-state index in [4.69, 9.17) is 0 Å². The van der Waals surface area contributed by atoms with E-state index in [1.54, 1.807) is 17.0 Å². The van der Waals surface area contributed by atoms with E-state index in [0.29, 0.717) is 22.9 Å². The number of nitrogens with one attached hydrogen (secondary N) is 1. The highest BCUT2D eigenvalue weighted by Crippen LogP contribution is 2.40. The normalized spacial score (nSPS) is 18.5. The monoisotopic (exact) mass is 503 g/mol. The topological polar surface area (TPSA) is 69.7 Å². The summed E-state index contributed by atoms with van der Waals surface area (Å²) < 4.78 is 0. The van der Waals surface area contributed by atoms with Crippen molar-refractivity contribution in [3.63, 3.8) is 0 Å². The number of rotatable bonds is 4. The van der Waals surface area contributed by atoms with Gasteiger partial charge in [0, 0.05) is 33.9 Å². The maximum atomic E-state index is 13.8. The summed E-state index contributed by atoms with van der Waals surface area (Å²) in [5.41, 5.74) is 6.07. The summed E-state index contributed by atoms with van der Waals surface area (Å²) in [6.45, 7) is 5.80. The molecule has 0 aromatic heterocycles. The molecule has 3 amide bonds. The minimum Gasteiger partial charge on any atom is -0.378 e. The third kappa shape index (κ3) is 3.93. The zero-order chi connectivity index (χ0) is 26.6. The van der Waals surface area contributed by atoms with Crippen LogP contribution in [0, 0.1) is 13.8 Å². The largest absolute Gasteiger partial charge is 0.378 e. The lowest BCUT2D eigenvalue weighted by atomic mass is 9.90. The zero-order valence-corrected chi connectivity index (χ0v) is 21.7. The third-order valence-corrected chi connectivity index (χ3v) is 7.65. The van der Waals surface area contributed by atoms with Gasteiger partial charge in [-0.2, -0.15) is 0 Å².